The molecule has 2 rings (SSSR count). The summed E-state index contributed by atoms with van der Waals surface area (Å²) in [5.74, 6) is 1.11. The van der Waals surface area contributed by atoms with Crippen LogP contribution in [0.3, 0.4) is 0 Å². The lowest BCUT2D eigenvalue weighted by Gasteiger charge is -2.19. The Balaban J connectivity index is 2.50. The molecule has 0 aromatic heterocycles. The first kappa shape index (κ1) is 9.95. The van der Waals surface area contributed by atoms with Crippen molar-refractivity contribution in [1.82, 2.24) is 0 Å². The maximum Gasteiger partial charge on any atom is 0.187 e. The van der Waals surface area contributed by atoms with Crippen molar-refractivity contribution in [3.8, 4) is 11.5 Å². The molecule has 1 aromatic rings. The minimum absolute atomic E-state index is 0.286. The summed E-state index contributed by atoms with van der Waals surface area (Å²) in [4.78, 5) is 0.286. The molecule has 1 heterocycles. The molecule has 0 bridgehead atoms. The van der Waals surface area contributed by atoms with E-state index in [2.05, 4.69) is 15.9 Å². The summed E-state index contributed by atoms with van der Waals surface area (Å²) in [5, 5.41) is 0. The number of hydrogen-bond donors (Lipinski definition) is 1. The van der Waals surface area contributed by atoms with Gasteiger partial charge >= 0.3 is 0 Å². The first-order valence-corrected chi connectivity index (χ1v) is 5.78. The van der Waals surface area contributed by atoms with Gasteiger partial charge in [0, 0.05) is 10.5 Å². The Morgan fingerprint density at radius 2 is 1.86 bits per heavy atom. The molecule has 0 radical (unpaired) electrons. The van der Waals surface area contributed by atoms with Crippen molar-refractivity contribution in [2.24, 2.45) is 0 Å². The summed E-state index contributed by atoms with van der Waals surface area (Å²) in [7, 11) is 0. The molecular weight excluding hydrogens is 272 g/mol. The zero-order valence-electron chi connectivity index (χ0n) is 7.03. The first-order valence-electron chi connectivity index (χ1n) is 3.88. The third kappa shape index (κ3) is 1.77. The highest BCUT2D eigenvalue weighted by Crippen LogP contribution is 2.36. The van der Waals surface area contributed by atoms with Gasteiger partial charge in [0.2, 0.25) is 0 Å². The zero-order chi connectivity index (χ0) is 10.1. The van der Waals surface area contributed by atoms with Gasteiger partial charge in [0.25, 0.3) is 0 Å². The van der Waals surface area contributed by atoms with Gasteiger partial charge in [-0.15, -0.1) is 0 Å². The quantitative estimate of drug-likeness (QED) is 0.796. The molecule has 0 saturated carbocycles. The summed E-state index contributed by atoms with van der Waals surface area (Å²) >= 11 is 1.17. The van der Waals surface area contributed by atoms with Crippen LogP contribution in [0.2, 0.25) is 0 Å². The van der Waals surface area contributed by atoms with Gasteiger partial charge in [-0.25, -0.2) is 4.21 Å². The predicted molar refractivity (Wildman–Crippen MR) is 54.2 cm³/mol. The van der Waals surface area contributed by atoms with Crippen LogP contribution in [0, 0.1) is 0 Å². The Morgan fingerprint density at radius 1 is 1.29 bits per heavy atom. The summed E-state index contributed by atoms with van der Waals surface area (Å²) in [6, 6.07) is 3.15. The van der Waals surface area contributed by atoms with Crippen molar-refractivity contribution >= 4 is 27.0 Å². The minimum atomic E-state index is -2.02. The average Bonchev–Trinajstić information content (AvgIpc) is 2.16. The fourth-order valence-electron chi connectivity index (χ4n) is 1.18. The smallest absolute Gasteiger partial charge is 0.187 e. The van der Waals surface area contributed by atoms with Crippen molar-refractivity contribution in [3.05, 3.63) is 16.6 Å². The Bertz CT molecular complexity index is 393. The second-order valence-corrected chi connectivity index (χ2v) is 4.47. The van der Waals surface area contributed by atoms with Crippen molar-refractivity contribution in [2.45, 2.75) is 4.90 Å². The molecule has 4 nitrogen and oxygen atoms in total. The van der Waals surface area contributed by atoms with Crippen molar-refractivity contribution in [1.29, 1.82) is 0 Å². The average molecular weight is 279 g/mol. The number of halogens is 1. The van der Waals surface area contributed by atoms with Gasteiger partial charge in [0.15, 0.2) is 22.6 Å². The third-order valence-corrected chi connectivity index (χ3v) is 3.42. The van der Waals surface area contributed by atoms with Crippen LogP contribution >= 0.6 is 15.9 Å². The normalized spacial score (nSPS) is 16.4. The van der Waals surface area contributed by atoms with E-state index in [1.165, 1.54) is 6.07 Å². The number of fused-ring (bicyclic) bond motifs is 1. The lowest BCUT2D eigenvalue weighted by atomic mass is 10.3. The molecule has 6 heteroatoms. The molecule has 0 aliphatic carbocycles. The summed E-state index contributed by atoms with van der Waals surface area (Å²) in [6.45, 7) is 0.965. The van der Waals surface area contributed by atoms with Crippen LogP contribution in [0.15, 0.2) is 21.5 Å². The van der Waals surface area contributed by atoms with E-state index in [4.69, 9.17) is 14.0 Å². The fourth-order valence-corrected chi connectivity index (χ4v) is 2.35. The number of benzene rings is 1. The summed E-state index contributed by atoms with van der Waals surface area (Å²) in [6.07, 6.45) is 0. The topological polar surface area (TPSA) is 55.8 Å². The van der Waals surface area contributed by atoms with Gasteiger partial charge in [-0.1, -0.05) is 0 Å². The molecule has 76 valence electrons. The predicted octanol–water partition coefficient (Wildman–Crippen LogP) is 1.80. The SMILES string of the molecule is O=S(O)c1cc2c(cc1Br)OCCO2. The van der Waals surface area contributed by atoms with E-state index in [0.717, 1.165) is 0 Å². The van der Waals surface area contributed by atoms with E-state index in [1.807, 2.05) is 0 Å². The van der Waals surface area contributed by atoms with Crippen LogP contribution in [0.5, 0.6) is 11.5 Å². The van der Waals surface area contributed by atoms with Gasteiger partial charge < -0.3 is 14.0 Å². The largest absolute Gasteiger partial charge is 0.486 e. The van der Waals surface area contributed by atoms with E-state index in [0.29, 0.717) is 29.2 Å². The summed E-state index contributed by atoms with van der Waals surface area (Å²) < 4.78 is 31.0. The van der Waals surface area contributed by atoms with Crippen LogP contribution in [0.4, 0.5) is 0 Å². The molecule has 0 amide bonds. The van der Waals surface area contributed by atoms with Gasteiger partial charge in [-0.05, 0) is 22.0 Å². The third-order valence-electron chi connectivity index (χ3n) is 1.78. The molecule has 1 aliphatic rings. The number of rotatable bonds is 1. The van der Waals surface area contributed by atoms with Crippen LogP contribution < -0.4 is 9.47 Å². The van der Waals surface area contributed by atoms with Crippen LogP contribution in [-0.2, 0) is 11.1 Å². The van der Waals surface area contributed by atoms with Crippen molar-refractivity contribution < 1.29 is 18.2 Å². The van der Waals surface area contributed by atoms with Gasteiger partial charge in [-0.3, -0.25) is 0 Å². The highest BCUT2D eigenvalue weighted by molar-refractivity contribution is 9.10. The molecule has 1 unspecified atom stereocenters. The minimum Gasteiger partial charge on any atom is -0.486 e. The maximum atomic E-state index is 10.9. The Morgan fingerprint density at radius 3 is 2.43 bits per heavy atom. The van der Waals surface area contributed by atoms with Gasteiger partial charge in [0.05, 0.1) is 4.90 Å². The second kappa shape index (κ2) is 3.88. The Hall–Kier alpha value is -0.590. The van der Waals surface area contributed by atoms with Crippen molar-refractivity contribution in [2.75, 3.05) is 13.2 Å². The van der Waals surface area contributed by atoms with E-state index >= 15 is 0 Å². The molecule has 0 saturated heterocycles. The highest BCUT2D eigenvalue weighted by atomic mass is 79.9. The molecule has 1 atom stereocenters. The zero-order valence-corrected chi connectivity index (χ0v) is 9.43. The second-order valence-electron chi connectivity index (χ2n) is 2.68. The molecule has 14 heavy (non-hydrogen) atoms. The number of ether oxygens (including phenoxy) is 2. The molecule has 1 N–H and O–H groups in total. The molecular formula is C8H7BrO4S. The highest BCUT2D eigenvalue weighted by Gasteiger charge is 2.16. The van der Waals surface area contributed by atoms with Crippen LogP contribution in [0.1, 0.15) is 0 Å². The van der Waals surface area contributed by atoms with Gasteiger partial charge in [-0.2, -0.15) is 0 Å². The fraction of sp³-hybridized carbons (Fsp3) is 0.250. The molecule has 0 fully saturated rings. The lowest BCUT2D eigenvalue weighted by Crippen LogP contribution is -2.15. The Kier molecular flexibility index (Phi) is 2.76. The molecule has 0 spiro atoms. The maximum absolute atomic E-state index is 10.9. The Labute approximate surface area is 91.6 Å². The van der Waals surface area contributed by atoms with Crippen molar-refractivity contribution in [3.63, 3.8) is 0 Å². The van der Waals surface area contributed by atoms with Crippen LogP contribution in [0.25, 0.3) is 0 Å². The van der Waals surface area contributed by atoms with E-state index < -0.39 is 11.1 Å². The first-order chi connectivity index (χ1) is 6.68. The van der Waals surface area contributed by atoms with E-state index in [9.17, 15) is 4.21 Å². The van der Waals surface area contributed by atoms with E-state index in [-0.39, 0.29) is 4.90 Å². The van der Waals surface area contributed by atoms with Crippen LogP contribution in [-0.4, -0.2) is 22.0 Å². The summed E-state index contributed by atoms with van der Waals surface area (Å²) in [5.41, 5.74) is 0. The van der Waals surface area contributed by atoms with E-state index in [1.54, 1.807) is 6.07 Å². The lowest BCUT2D eigenvalue weighted by molar-refractivity contribution is 0.171. The molecule has 1 aromatic carbocycles. The standard InChI is InChI=1S/C8H7BrO4S/c9-5-3-6-7(13-2-1-12-6)4-8(5)14(10)11/h3-4H,1-2H2,(H,10,11). The monoisotopic (exact) mass is 278 g/mol. The van der Waals surface area contributed by atoms with Gasteiger partial charge in [0.1, 0.15) is 13.2 Å². The number of hydrogen-bond acceptors (Lipinski definition) is 3. The molecule has 1 aliphatic heterocycles.